The molecule has 0 aromatic heterocycles. The van der Waals surface area contributed by atoms with Crippen molar-refractivity contribution < 1.29 is 14.3 Å². The molecule has 0 saturated heterocycles. The molecule has 10 heavy (non-hydrogen) atoms. The van der Waals surface area contributed by atoms with Gasteiger partial charge in [0.25, 0.3) is 0 Å². The number of nitrogens with zero attached hydrogens (tertiary/aromatic N) is 2. The zero-order valence-electron chi connectivity index (χ0n) is 5.49. The van der Waals surface area contributed by atoms with E-state index in [2.05, 4.69) is 16.1 Å². The lowest BCUT2D eigenvalue weighted by atomic mass is 10.5. The number of hydrogen-bond acceptors (Lipinski definition) is 2. The maximum Gasteiger partial charge on any atom is 0.413 e. The molecule has 0 aliphatic rings. The number of carbonyl (C=O) groups is 1. The van der Waals surface area contributed by atoms with Gasteiger partial charge < -0.3 is 10.3 Å². The van der Waals surface area contributed by atoms with Gasteiger partial charge in [0.1, 0.15) is 0 Å². The molecule has 0 aliphatic heterocycles. The maximum absolute atomic E-state index is 10.4. The normalized spacial score (nSPS) is 7.60. The van der Waals surface area contributed by atoms with Crippen LogP contribution in [-0.2, 0) is 9.53 Å². The van der Waals surface area contributed by atoms with Crippen molar-refractivity contribution in [2.45, 2.75) is 6.42 Å². The first-order valence-electron chi connectivity index (χ1n) is 2.76. The summed E-state index contributed by atoms with van der Waals surface area (Å²) in [6.07, 6.45) is 2.93. The van der Waals surface area contributed by atoms with Gasteiger partial charge in [-0.25, -0.2) is 4.79 Å². The summed E-state index contributed by atoms with van der Waals surface area (Å²) in [5.41, 5.74) is 7.84. The molecule has 0 rings (SSSR count). The van der Waals surface area contributed by atoms with E-state index >= 15 is 0 Å². The van der Waals surface area contributed by atoms with Crippen LogP contribution in [0.4, 0.5) is 0 Å². The van der Waals surface area contributed by atoms with Gasteiger partial charge in [0, 0.05) is 0 Å². The van der Waals surface area contributed by atoms with Crippen LogP contribution in [0.2, 0.25) is 0 Å². The first-order valence-corrected chi connectivity index (χ1v) is 2.76. The Kier molecular flexibility index (Phi) is 4.91. The molecule has 0 aliphatic carbocycles. The molecule has 0 N–H and O–H groups in total. The Bertz CT molecular complexity index is 171. The molecule has 0 fully saturated rings. The van der Waals surface area contributed by atoms with E-state index in [1.807, 2.05) is 0 Å². The predicted molar refractivity (Wildman–Crippen MR) is 35.5 cm³/mol. The Hall–Kier alpha value is -1.41. The molecular weight excluding hydrogens is 132 g/mol. The van der Waals surface area contributed by atoms with E-state index < -0.39 is 5.97 Å². The molecule has 0 amide bonds. The highest BCUT2D eigenvalue weighted by molar-refractivity contribution is 6.20. The van der Waals surface area contributed by atoms with Crippen molar-refractivity contribution in [3.63, 3.8) is 0 Å². The van der Waals surface area contributed by atoms with E-state index in [1.54, 1.807) is 6.08 Å². The molecule has 0 atom stereocenters. The van der Waals surface area contributed by atoms with Crippen LogP contribution >= 0.6 is 0 Å². The smallest absolute Gasteiger partial charge is 0.413 e. The SMILES string of the molecule is C=CCCOC(=O)C=[N+]=[N-]. The third-order valence-corrected chi connectivity index (χ3v) is 0.729. The van der Waals surface area contributed by atoms with Crippen LogP contribution in [0.5, 0.6) is 0 Å². The van der Waals surface area contributed by atoms with Crippen LogP contribution in [0.3, 0.4) is 0 Å². The van der Waals surface area contributed by atoms with Gasteiger partial charge in [-0.05, 0) is 6.42 Å². The molecular formula is C6H8N2O2. The lowest BCUT2D eigenvalue weighted by molar-refractivity contribution is -0.138. The van der Waals surface area contributed by atoms with Gasteiger partial charge in [-0.3, -0.25) is 0 Å². The minimum Gasteiger partial charge on any atom is -0.457 e. The fraction of sp³-hybridized carbons (Fsp3) is 0.333. The van der Waals surface area contributed by atoms with Gasteiger partial charge >= 0.3 is 12.2 Å². The number of carbonyl (C=O) groups excluding carboxylic acids is 1. The Morgan fingerprint density at radius 1 is 1.80 bits per heavy atom. The molecule has 4 heteroatoms. The third-order valence-electron chi connectivity index (χ3n) is 0.729. The highest BCUT2D eigenvalue weighted by atomic mass is 16.5. The molecule has 0 bridgehead atoms. The number of rotatable bonds is 4. The van der Waals surface area contributed by atoms with Gasteiger partial charge in [0.2, 0.25) is 0 Å². The Balaban J connectivity index is 3.39. The summed E-state index contributed by atoms with van der Waals surface area (Å²) in [6, 6.07) is 0. The van der Waals surface area contributed by atoms with Crippen molar-refractivity contribution in [1.29, 1.82) is 0 Å². The number of hydrogen-bond donors (Lipinski definition) is 0. The van der Waals surface area contributed by atoms with Crippen molar-refractivity contribution in [2.24, 2.45) is 0 Å². The molecule has 0 unspecified atom stereocenters. The highest BCUT2D eigenvalue weighted by Crippen LogP contribution is 1.81. The average Bonchev–Trinajstić information content (AvgIpc) is 1.89. The molecule has 0 aromatic carbocycles. The number of esters is 1. The average molecular weight is 140 g/mol. The summed E-state index contributed by atoms with van der Waals surface area (Å²) in [4.78, 5) is 12.8. The van der Waals surface area contributed by atoms with Crippen molar-refractivity contribution >= 4 is 12.2 Å². The molecule has 0 saturated carbocycles. The van der Waals surface area contributed by atoms with Crippen LogP contribution < -0.4 is 0 Å². The second-order valence-corrected chi connectivity index (χ2v) is 1.49. The summed E-state index contributed by atoms with van der Waals surface area (Å²) >= 11 is 0. The zero-order valence-corrected chi connectivity index (χ0v) is 5.49. The van der Waals surface area contributed by atoms with E-state index in [0.29, 0.717) is 12.6 Å². The van der Waals surface area contributed by atoms with Crippen LogP contribution in [0.25, 0.3) is 5.53 Å². The predicted octanol–water partition coefficient (Wildman–Crippen LogP) is 0.406. The minimum absolute atomic E-state index is 0.272. The van der Waals surface area contributed by atoms with Crippen LogP contribution in [0, 0.1) is 0 Å². The van der Waals surface area contributed by atoms with E-state index in [1.165, 1.54) is 0 Å². The van der Waals surface area contributed by atoms with Gasteiger partial charge in [0.05, 0.1) is 6.61 Å². The van der Waals surface area contributed by atoms with E-state index in [0.717, 1.165) is 0 Å². The monoisotopic (exact) mass is 140 g/mol. The second-order valence-electron chi connectivity index (χ2n) is 1.49. The Morgan fingerprint density at radius 3 is 3.00 bits per heavy atom. The van der Waals surface area contributed by atoms with Gasteiger partial charge in [-0.1, -0.05) is 6.08 Å². The fourth-order valence-electron chi connectivity index (χ4n) is 0.327. The van der Waals surface area contributed by atoms with Crippen molar-refractivity contribution in [3.05, 3.63) is 18.2 Å². The molecule has 0 radical (unpaired) electrons. The maximum atomic E-state index is 10.4. The van der Waals surface area contributed by atoms with Crippen LogP contribution in [0.15, 0.2) is 12.7 Å². The fourth-order valence-corrected chi connectivity index (χ4v) is 0.327. The molecule has 4 nitrogen and oxygen atoms in total. The van der Waals surface area contributed by atoms with Crippen LogP contribution in [-0.4, -0.2) is 23.6 Å². The Labute approximate surface area is 58.7 Å². The van der Waals surface area contributed by atoms with Crippen molar-refractivity contribution in [1.82, 2.24) is 0 Å². The lowest BCUT2D eigenvalue weighted by Crippen LogP contribution is -2.06. The topological polar surface area (TPSA) is 62.7 Å². The first-order chi connectivity index (χ1) is 4.81. The quantitative estimate of drug-likeness (QED) is 0.142. The highest BCUT2D eigenvalue weighted by Gasteiger charge is 1.99. The van der Waals surface area contributed by atoms with Crippen LogP contribution in [0.1, 0.15) is 6.42 Å². The van der Waals surface area contributed by atoms with E-state index in [4.69, 9.17) is 5.53 Å². The molecule has 0 heterocycles. The summed E-state index contributed by atoms with van der Waals surface area (Å²) in [6.45, 7) is 3.70. The summed E-state index contributed by atoms with van der Waals surface area (Å²) in [5, 5.41) is 0. The van der Waals surface area contributed by atoms with Crippen molar-refractivity contribution in [3.8, 4) is 0 Å². The molecule has 0 aromatic rings. The largest absolute Gasteiger partial charge is 0.457 e. The molecule has 54 valence electrons. The van der Waals surface area contributed by atoms with E-state index in [-0.39, 0.29) is 6.61 Å². The summed E-state index contributed by atoms with van der Waals surface area (Å²) < 4.78 is 4.50. The number of ether oxygens (including phenoxy) is 1. The second kappa shape index (κ2) is 5.72. The lowest BCUT2D eigenvalue weighted by Gasteiger charge is -1.92. The third kappa shape index (κ3) is 4.74. The standard InChI is InChI=1S/C6H8N2O2/c1-2-3-4-10-6(9)5-8-7/h2,5H,1,3-4H2. The first kappa shape index (κ1) is 8.59. The van der Waals surface area contributed by atoms with E-state index in [9.17, 15) is 4.79 Å². The molecule has 0 spiro atoms. The summed E-state index contributed by atoms with van der Waals surface area (Å²) in [5.74, 6) is -0.649. The summed E-state index contributed by atoms with van der Waals surface area (Å²) in [7, 11) is 0. The zero-order chi connectivity index (χ0) is 7.82. The van der Waals surface area contributed by atoms with Crippen molar-refractivity contribution in [2.75, 3.05) is 6.61 Å². The minimum atomic E-state index is -0.649. The van der Waals surface area contributed by atoms with Gasteiger partial charge in [0.15, 0.2) is 0 Å². The van der Waals surface area contributed by atoms with Gasteiger partial charge in [-0.15, -0.1) is 6.58 Å². The Morgan fingerprint density at radius 2 is 2.50 bits per heavy atom. The van der Waals surface area contributed by atoms with Gasteiger partial charge in [-0.2, -0.15) is 4.79 Å².